The third kappa shape index (κ3) is 2.03. The predicted molar refractivity (Wildman–Crippen MR) is 104 cm³/mol. The van der Waals surface area contributed by atoms with Crippen LogP contribution in [0.2, 0.25) is 0 Å². The zero-order valence-electron chi connectivity index (χ0n) is 16.9. The molecule has 144 valence electrons. The summed E-state index contributed by atoms with van der Waals surface area (Å²) in [6.07, 6.45) is 17.9. The highest BCUT2D eigenvalue weighted by atomic mass is 16.5. The van der Waals surface area contributed by atoms with Crippen LogP contribution < -0.4 is 0 Å². The van der Waals surface area contributed by atoms with E-state index in [0.29, 0.717) is 5.41 Å². The van der Waals surface area contributed by atoms with Crippen molar-refractivity contribution >= 4 is 0 Å². The number of ether oxygens (including phenoxy) is 1. The number of methoxy groups -OCH3 is 1. The molecule has 0 bridgehead atoms. The van der Waals surface area contributed by atoms with Crippen molar-refractivity contribution in [3.05, 3.63) is 24.2 Å². The predicted octanol–water partition coefficient (Wildman–Crippen LogP) is 6.55. The van der Waals surface area contributed by atoms with Crippen molar-refractivity contribution in [3.8, 4) is 0 Å². The van der Waals surface area contributed by atoms with E-state index in [1.54, 1.807) is 0 Å². The van der Waals surface area contributed by atoms with E-state index in [2.05, 4.69) is 19.9 Å². The Morgan fingerprint density at radius 1 is 0.962 bits per heavy atom. The van der Waals surface area contributed by atoms with Gasteiger partial charge in [0.15, 0.2) is 0 Å². The molecule has 0 spiro atoms. The van der Waals surface area contributed by atoms with Gasteiger partial charge in [-0.05, 0) is 86.5 Å². The van der Waals surface area contributed by atoms with Crippen molar-refractivity contribution in [1.82, 2.24) is 0 Å². The minimum Gasteiger partial charge on any atom is -0.472 e. The van der Waals surface area contributed by atoms with Crippen molar-refractivity contribution in [2.45, 2.75) is 83.7 Å². The maximum atomic E-state index is 6.37. The molecule has 1 aromatic heterocycles. The van der Waals surface area contributed by atoms with Gasteiger partial charge in [-0.2, -0.15) is 0 Å². The van der Waals surface area contributed by atoms with Gasteiger partial charge in [0, 0.05) is 18.1 Å². The first kappa shape index (κ1) is 17.3. The van der Waals surface area contributed by atoms with E-state index in [1.165, 1.54) is 63.4 Å². The lowest BCUT2D eigenvalue weighted by molar-refractivity contribution is -0.167. The van der Waals surface area contributed by atoms with Gasteiger partial charge in [0.25, 0.3) is 0 Å². The Bertz CT molecular complexity index is 651. The highest BCUT2D eigenvalue weighted by Crippen LogP contribution is 2.70. The van der Waals surface area contributed by atoms with Gasteiger partial charge in [0.05, 0.1) is 12.5 Å². The molecular weight excluding hydrogens is 320 g/mol. The van der Waals surface area contributed by atoms with E-state index < -0.39 is 0 Å². The molecule has 26 heavy (non-hydrogen) atoms. The van der Waals surface area contributed by atoms with Crippen LogP contribution in [0.25, 0.3) is 0 Å². The summed E-state index contributed by atoms with van der Waals surface area (Å²) in [5.74, 6) is 3.69. The van der Waals surface area contributed by atoms with Crippen LogP contribution >= 0.6 is 0 Å². The summed E-state index contributed by atoms with van der Waals surface area (Å²) in [5, 5.41) is 0. The molecule has 4 aliphatic rings. The maximum absolute atomic E-state index is 6.37. The fourth-order valence-electron chi connectivity index (χ4n) is 8.71. The van der Waals surface area contributed by atoms with Gasteiger partial charge < -0.3 is 9.15 Å². The Kier molecular flexibility index (Phi) is 3.91. The molecular formula is C24H36O2. The first-order chi connectivity index (χ1) is 12.6. The second-order valence-corrected chi connectivity index (χ2v) is 10.4. The largest absolute Gasteiger partial charge is 0.472 e. The zero-order chi connectivity index (χ0) is 18.0. The van der Waals surface area contributed by atoms with Gasteiger partial charge in [-0.25, -0.2) is 0 Å². The minimum absolute atomic E-state index is 0.139. The second kappa shape index (κ2) is 5.87. The maximum Gasteiger partial charge on any atom is 0.101 e. The number of hydrogen-bond acceptors (Lipinski definition) is 2. The van der Waals surface area contributed by atoms with Crippen LogP contribution in [0.5, 0.6) is 0 Å². The van der Waals surface area contributed by atoms with Crippen molar-refractivity contribution in [2.24, 2.45) is 34.5 Å². The normalized spacial score (nSPS) is 50.7. The summed E-state index contributed by atoms with van der Waals surface area (Å²) in [5.41, 5.74) is 2.02. The second-order valence-electron chi connectivity index (χ2n) is 10.4. The van der Waals surface area contributed by atoms with Gasteiger partial charge in [0.2, 0.25) is 0 Å². The molecule has 2 nitrogen and oxygen atoms in total. The van der Waals surface area contributed by atoms with E-state index >= 15 is 0 Å². The average Bonchev–Trinajstić information content (AvgIpc) is 3.27. The molecule has 0 aliphatic heterocycles. The van der Waals surface area contributed by atoms with E-state index in [1.807, 2.05) is 19.6 Å². The van der Waals surface area contributed by atoms with E-state index in [9.17, 15) is 0 Å². The molecule has 0 unspecified atom stereocenters. The Hall–Kier alpha value is -0.760. The molecule has 2 heteroatoms. The molecule has 4 fully saturated rings. The minimum atomic E-state index is -0.139. The van der Waals surface area contributed by atoms with Gasteiger partial charge in [0.1, 0.15) is 5.60 Å². The fraction of sp³-hybridized carbons (Fsp3) is 0.833. The van der Waals surface area contributed by atoms with Crippen LogP contribution in [0.4, 0.5) is 0 Å². The van der Waals surface area contributed by atoms with E-state index in [-0.39, 0.29) is 11.0 Å². The Morgan fingerprint density at radius 3 is 2.58 bits per heavy atom. The topological polar surface area (TPSA) is 22.4 Å². The monoisotopic (exact) mass is 356 g/mol. The summed E-state index contributed by atoms with van der Waals surface area (Å²) in [7, 11) is 1.94. The quantitative estimate of drug-likeness (QED) is 0.599. The van der Waals surface area contributed by atoms with Crippen LogP contribution in [0.3, 0.4) is 0 Å². The van der Waals surface area contributed by atoms with Gasteiger partial charge in [-0.3, -0.25) is 0 Å². The lowest BCUT2D eigenvalue weighted by atomic mass is 9.44. The fourth-order valence-corrected chi connectivity index (χ4v) is 8.71. The molecule has 0 saturated heterocycles. The molecule has 0 amide bonds. The summed E-state index contributed by atoms with van der Waals surface area (Å²) < 4.78 is 11.9. The summed E-state index contributed by atoms with van der Waals surface area (Å²) >= 11 is 0. The van der Waals surface area contributed by atoms with Gasteiger partial charge in [-0.15, -0.1) is 0 Å². The van der Waals surface area contributed by atoms with Crippen LogP contribution in [-0.2, 0) is 10.3 Å². The van der Waals surface area contributed by atoms with Gasteiger partial charge in [-0.1, -0.05) is 26.7 Å². The van der Waals surface area contributed by atoms with Crippen LogP contribution in [-0.4, -0.2) is 7.11 Å². The molecule has 5 rings (SSSR count). The molecule has 1 aromatic rings. The number of hydrogen-bond donors (Lipinski definition) is 0. The number of furan rings is 1. The highest BCUT2D eigenvalue weighted by Gasteiger charge is 2.65. The van der Waals surface area contributed by atoms with Gasteiger partial charge >= 0.3 is 0 Å². The van der Waals surface area contributed by atoms with Crippen LogP contribution in [0.15, 0.2) is 23.0 Å². The third-order valence-electron chi connectivity index (χ3n) is 10.0. The standard InChI is InChI=1S/C24H36O2/c1-22-12-5-4-6-17(22)7-8-19-20(22)9-13-23(2)21(19)10-14-24(23,25-3)18-11-15-26-16-18/h11,15-17,19-21H,4-10,12-14H2,1-3H3/t17-,19+,20-,21-,22-,23-,24-/m0/s1. The van der Waals surface area contributed by atoms with Crippen molar-refractivity contribution in [1.29, 1.82) is 0 Å². The summed E-state index contributed by atoms with van der Waals surface area (Å²) in [6.45, 7) is 5.22. The zero-order valence-corrected chi connectivity index (χ0v) is 16.9. The summed E-state index contributed by atoms with van der Waals surface area (Å²) in [4.78, 5) is 0. The average molecular weight is 357 g/mol. The Morgan fingerprint density at radius 2 is 1.81 bits per heavy atom. The SMILES string of the molecule is CO[C@]1(c2ccoc2)CC[C@H]2[C@@H]3CC[C@@H]4CCCC[C@]4(C)[C@H]3CC[C@@]21C. The van der Waals surface area contributed by atoms with Crippen molar-refractivity contribution in [3.63, 3.8) is 0 Å². The molecule has 0 radical (unpaired) electrons. The third-order valence-corrected chi connectivity index (χ3v) is 10.0. The summed E-state index contributed by atoms with van der Waals surface area (Å²) in [6, 6.07) is 2.16. The lowest BCUT2D eigenvalue weighted by Gasteiger charge is -2.61. The highest BCUT2D eigenvalue weighted by molar-refractivity contribution is 5.26. The van der Waals surface area contributed by atoms with Crippen LogP contribution in [0, 0.1) is 34.5 Å². The number of fused-ring (bicyclic) bond motifs is 5. The van der Waals surface area contributed by atoms with Crippen molar-refractivity contribution in [2.75, 3.05) is 7.11 Å². The van der Waals surface area contributed by atoms with E-state index in [4.69, 9.17) is 9.15 Å². The van der Waals surface area contributed by atoms with E-state index in [0.717, 1.165) is 30.1 Å². The molecule has 4 aliphatic carbocycles. The molecule has 7 atom stereocenters. The molecule has 0 aromatic carbocycles. The van der Waals surface area contributed by atoms with Crippen LogP contribution in [0.1, 0.15) is 83.6 Å². The lowest BCUT2D eigenvalue weighted by Crippen LogP contribution is -2.55. The Balaban J connectivity index is 1.51. The number of rotatable bonds is 2. The van der Waals surface area contributed by atoms with Crippen molar-refractivity contribution < 1.29 is 9.15 Å². The smallest absolute Gasteiger partial charge is 0.101 e. The molecule has 1 heterocycles. The first-order valence-corrected chi connectivity index (χ1v) is 11.1. The molecule has 0 N–H and O–H groups in total. The molecule has 4 saturated carbocycles. The first-order valence-electron chi connectivity index (χ1n) is 11.1. The Labute approximate surface area is 159 Å².